The topological polar surface area (TPSA) is 98.2 Å². The molecular weight excluding hydrogens is 301 g/mol. The minimum absolute atomic E-state index is 0.0779. The molecule has 0 saturated heterocycles. The number of phenols is 2. The van der Waals surface area contributed by atoms with Crippen molar-refractivity contribution in [1.82, 2.24) is 10.2 Å². The summed E-state index contributed by atoms with van der Waals surface area (Å²) in [6, 6.07) is 11.0. The van der Waals surface area contributed by atoms with Crippen LogP contribution in [0.4, 0.5) is 10.1 Å². The number of halogens is 1. The van der Waals surface area contributed by atoms with Crippen molar-refractivity contribution >= 4 is 11.6 Å². The number of hydrogen-bond donors (Lipinski definition) is 4. The molecule has 0 unspecified atom stereocenters. The van der Waals surface area contributed by atoms with Crippen molar-refractivity contribution in [1.29, 1.82) is 0 Å². The largest absolute Gasteiger partial charge is 0.508 e. The standard InChI is InChI=1S/C16H12FN3O3/c17-9-2-1-3-10(6-9)18-16(23)14-8-13(19-20-14)12-5-4-11(21)7-15(12)22/h1-8,21-22H,(H,18,23)(H,19,20). The van der Waals surface area contributed by atoms with Gasteiger partial charge in [0, 0.05) is 17.3 Å². The Morgan fingerprint density at radius 1 is 1.13 bits per heavy atom. The number of aromatic nitrogens is 2. The number of anilines is 1. The third kappa shape index (κ3) is 3.13. The maximum atomic E-state index is 13.1. The molecule has 6 nitrogen and oxygen atoms in total. The molecule has 116 valence electrons. The number of nitrogens with zero attached hydrogens (tertiary/aromatic N) is 1. The third-order valence-electron chi connectivity index (χ3n) is 3.16. The van der Waals surface area contributed by atoms with Gasteiger partial charge in [-0.3, -0.25) is 9.89 Å². The van der Waals surface area contributed by atoms with Crippen LogP contribution < -0.4 is 5.32 Å². The quantitative estimate of drug-likeness (QED) is 0.597. The Bertz CT molecular complexity index is 877. The summed E-state index contributed by atoms with van der Waals surface area (Å²) < 4.78 is 13.1. The summed E-state index contributed by atoms with van der Waals surface area (Å²) in [7, 11) is 0. The predicted molar refractivity (Wildman–Crippen MR) is 81.7 cm³/mol. The van der Waals surface area contributed by atoms with Crippen LogP contribution in [0.25, 0.3) is 11.3 Å². The fourth-order valence-corrected chi connectivity index (χ4v) is 2.08. The number of benzene rings is 2. The minimum Gasteiger partial charge on any atom is -0.508 e. The average molecular weight is 313 g/mol. The van der Waals surface area contributed by atoms with Crippen molar-refractivity contribution in [3.63, 3.8) is 0 Å². The smallest absolute Gasteiger partial charge is 0.273 e. The van der Waals surface area contributed by atoms with Crippen molar-refractivity contribution < 1.29 is 19.4 Å². The highest BCUT2D eigenvalue weighted by Crippen LogP contribution is 2.31. The molecule has 4 N–H and O–H groups in total. The van der Waals surface area contributed by atoms with Gasteiger partial charge in [0.2, 0.25) is 0 Å². The second-order valence-electron chi connectivity index (χ2n) is 4.83. The number of aromatic amines is 1. The summed E-state index contributed by atoms with van der Waals surface area (Å²) in [5.41, 5.74) is 1.17. The fraction of sp³-hybridized carbons (Fsp3) is 0. The molecule has 3 aromatic rings. The van der Waals surface area contributed by atoms with Gasteiger partial charge in [-0.25, -0.2) is 4.39 Å². The van der Waals surface area contributed by atoms with E-state index in [-0.39, 0.29) is 17.2 Å². The van der Waals surface area contributed by atoms with Gasteiger partial charge in [-0.05, 0) is 36.4 Å². The maximum Gasteiger partial charge on any atom is 0.273 e. The first-order chi connectivity index (χ1) is 11.0. The molecule has 0 aliphatic rings. The van der Waals surface area contributed by atoms with Crippen LogP contribution in [-0.4, -0.2) is 26.3 Å². The van der Waals surface area contributed by atoms with E-state index in [1.165, 1.54) is 42.5 Å². The third-order valence-corrected chi connectivity index (χ3v) is 3.16. The SMILES string of the molecule is O=C(Nc1cccc(F)c1)c1cc(-c2ccc(O)cc2O)n[nH]1. The van der Waals surface area contributed by atoms with E-state index in [1.54, 1.807) is 6.07 Å². The van der Waals surface area contributed by atoms with Gasteiger partial charge < -0.3 is 15.5 Å². The van der Waals surface area contributed by atoms with Crippen molar-refractivity contribution in [2.75, 3.05) is 5.32 Å². The lowest BCUT2D eigenvalue weighted by Gasteiger charge is -2.03. The van der Waals surface area contributed by atoms with Crippen molar-refractivity contribution in [3.05, 3.63) is 60.0 Å². The van der Waals surface area contributed by atoms with Crippen LogP contribution in [0.5, 0.6) is 11.5 Å². The van der Waals surface area contributed by atoms with Crippen LogP contribution in [0, 0.1) is 5.82 Å². The first kappa shape index (κ1) is 14.6. The van der Waals surface area contributed by atoms with E-state index in [1.807, 2.05) is 0 Å². The van der Waals surface area contributed by atoms with Crippen LogP contribution in [0.3, 0.4) is 0 Å². The lowest BCUT2D eigenvalue weighted by molar-refractivity contribution is 0.102. The molecule has 0 aliphatic carbocycles. The van der Waals surface area contributed by atoms with Gasteiger partial charge in [0.25, 0.3) is 5.91 Å². The Labute approximate surface area is 130 Å². The molecule has 2 aromatic carbocycles. The van der Waals surface area contributed by atoms with Crippen molar-refractivity contribution in [2.24, 2.45) is 0 Å². The molecule has 1 aromatic heterocycles. The zero-order valence-electron chi connectivity index (χ0n) is 11.7. The first-order valence-electron chi connectivity index (χ1n) is 6.67. The number of carbonyl (C=O) groups is 1. The van der Waals surface area contributed by atoms with Gasteiger partial charge in [0.15, 0.2) is 0 Å². The highest BCUT2D eigenvalue weighted by Gasteiger charge is 2.14. The van der Waals surface area contributed by atoms with Crippen LogP contribution >= 0.6 is 0 Å². The monoisotopic (exact) mass is 313 g/mol. The molecule has 1 heterocycles. The lowest BCUT2D eigenvalue weighted by Crippen LogP contribution is -2.12. The fourth-order valence-electron chi connectivity index (χ4n) is 2.08. The molecule has 0 atom stereocenters. The highest BCUT2D eigenvalue weighted by atomic mass is 19.1. The van der Waals surface area contributed by atoms with Crippen LogP contribution in [0.1, 0.15) is 10.5 Å². The van der Waals surface area contributed by atoms with Crippen molar-refractivity contribution in [2.45, 2.75) is 0 Å². The van der Waals surface area contributed by atoms with E-state index in [4.69, 9.17) is 0 Å². The molecule has 0 radical (unpaired) electrons. The Hall–Kier alpha value is -3.35. The number of hydrogen-bond acceptors (Lipinski definition) is 4. The van der Waals surface area contributed by atoms with Gasteiger partial charge in [0.1, 0.15) is 23.0 Å². The Morgan fingerprint density at radius 2 is 1.96 bits per heavy atom. The van der Waals surface area contributed by atoms with E-state index in [0.717, 1.165) is 0 Å². The zero-order chi connectivity index (χ0) is 16.4. The Balaban J connectivity index is 1.82. The second kappa shape index (κ2) is 5.80. The van der Waals surface area contributed by atoms with Crippen LogP contribution in [0.15, 0.2) is 48.5 Å². The molecule has 23 heavy (non-hydrogen) atoms. The number of phenolic OH excluding ortho intramolecular Hbond substituents is 2. The number of rotatable bonds is 3. The maximum absolute atomic E-state index is 13.1. The second-order valence-corrected chi connectivity index (χ2v) is 4.83. The molecule has 0 aliphatic heterocycles. The summed E-state index contributed by atoms with van der Waals surface area (Å²) in [5, 5.41) is 28.1. The van der Waals surface area contributed by atoms with E-state index >= 15 is 0 Å². The molecule has 1 amide bonds. The average Bonchev–Trinajstić information content (AvgIpc) is 2.97. The van der Waals surface area contributed by atoms with E-state index in [9.17, 15) is 19.4 Å². The van der Waals surface area contributed by atoms with E-state index < -0.39 is 11.7 Å². The van der Waals surface area contributed by atoms with Gasteiger partial charge in [-0.2, -0.15) is 5.10 Å². The van der Waals surface area contributed by atoms with E-state index in [2.05, 4.69) is 15.5 Å². The number of carbonyl (C=O) groups excluding carboxylic acids is 1. The number of aromatic hydroxyl groups is 2. The van der Waals surface area contributed by atoms with Gasteiger partial charge in [-0.15, -0.1) is 0 Å². The molecule has 7 heteroatoms. The molecule has 0 spiro atoms. The van der Waals surface area contributed by atoms with Crippen molar-refractivity contribution in [3.8, 4) is 22.8 Å². The Kier molecular flexibility index (Phi) is 3.68. The van der Waals surface area contributed by atoms with E-state index in [0.29, 0.717) is 16.9 Å². The summed E-state index contributed by atoms with van der Waals surface area (Å²) >= 11 is 0. The Morgan fingerprint density at radius 3 is 2.70 bits per heavy atom. The van der Waals surface area contributed by atoms with Crippen LogP contribution in [0.2, 0.25) is 0 Å². The number of amides is 1. The molecule has 0 fully saturated rings. The predicted octanol–water partition coefficient (Wildman–Crippen LogP) is 2.88. The highest BCUT2D eigenvalue weighted by molar-refractivity contribution is 6.03. The summed E-state index contributed by atoms with van der Waals surface area (Å²) in [6.45, 7) is 0. The summed E-state index contributed by atoms with van der Waals surface area (Å²) in [4.78, 5) is 12.1. The van der Waals surface area contributed by atoms with Gasteiger partial charge in [-0.1, -0.05) is 6.07 Å². The summed E-state index contributed by atoms with van der Waals surface area (Å²) in [6.07, 6.45) is 0. The lowest BCUT2D eigenvalue weighted by atomic mass is 10.1. The normalized spacial score (nSPS) is 10.5. The number of nitrogens with one attached hydrogen (secondary N) is 2. The molecule has 0 bridgehead atoms. The molecular formula is C16H12FN3O3. The number of H-pyrrole nitrogens is 1. The minimum atomic E-state index is -0.493. The first-order valence-corrected chi connectivity index (χ1v) is 6.67. The molecule has 3 rings (SSSR count). The van der Waals surface area contributed by atoms with Crippen LogP contribution in [-0.2, 0) is 0 Å². The zero-order valence-corrected chi connectivity index (χ0v) is 11.7. The molecule has 0 saturated carbocycles. The summed E-state index contributed by atoms with van der Waals surface area (Å²) in [5.74, 6) is -1.19. The van der Waals surface area contributed by atoms with Gasteiger partial charge >= 0.3 is 0 Å². The van der Waals surface area contributed by atoms with Gasteiger partial charge in [0.05, 0.1) is 5.69 Å².